The highest BCUT2D eigenvalue weighted by Gasteiger charge is 2.25. The van der Waals surface area contributed by atoms with Crippen LogP contribution >= 0.6 is 0 Å². The number of benzene rings is 1. The Morgan fingerprint density at radius 1 is 1.12 bits per heavy atom. The van der Waals surface area contributed by atoms with Crippen molar-refractivity contribution in [3.8, 4) is 0 Å². The van der Waals surface area contributed by atoms with Gasteiger partial charge < -0.3 is 14.6 Å². The molecule has 0 radical (unpaired) electrons. The zero-order valence-corrected chi connectivity index (χ0v) is 19.4. The maximum absolute atomic E-state index is 12.5. The molecule has 0 bridgehead atoms. The molecular weight excluding hydrogens is 416 g/mol. The first kappa shape index (κ1) is 22.6. The molecule has 33 heavy (non-hydrogen) atoms. The van der Waals surface area contributed by atoms with Crippen molar-refractivity contribution >= 4 is 17.9 Å². The average molecular weight is 447 g/mol. The number of aryl methyl sites for hydroxylation is 2. The molecular formula is C26H30N4O3. The third-order valence-corrected chi connectivity index (χ3v) is 6.15. The predicted octanol–water partition coefficient (Wildman–Crippen LogP) is 3.88. The first-order valence-corrected chi connectivity index (χ1v) is 11.3. The maximum atomic E-state index is 12.5. The van der Waals surface area contributed by atoms with Crippen molar-refractivity contribution in [3.05, 3.63) is 82.6 Å². The van der Waals surface area contributed by atoms with Gasteiger partial charge in [-0.15, -0.1) is 0 Å². The molecule has 7 heteroatoms. The number of piperidine rings is 1. The van der Waals surface area contributed by atoms with Crippen LogP contribution in [-0.2, 0) is 11.3 Å². The summed E-state index contributed by atoms with van der Waals surface area (Å²) in [7, 11) is 0. The summed E-state index contributed by atoms with van der Waals surface area (Å²) in [4.78, 5) is 26.7. The monoisotopic (exact) mass is 446 g/mol. The van der Waals surface area contributed by atoms with Crippen molar-refractivity contribution in [3.63, 3.8) is 0 Å². The average Bonchev–Trinajstić information content (AvgIpc) is 3.43. The van der Waals surface area contributed by atoms with E-state index in [2.05, 4.69) is 41.6 Å². The predicted molar refractivity (Wildman–Crippen MR) is 127 cm³/mol. The van der Waals surface area contributed by atoms with E-state index in [1.807, 2.05) is 24.6 Å². The number of hydrogen-bond acceptors (Lipinski definition) is 4. The smallest absolute Gasteiger partial charge is 0.289 e. The SMILES string of the molecule is Cc1ccc(Cn2nc(C)c(/C=C/C(=O)NC3CCN(C(=O)c4ccco4)CC3)c2C)cc1. The molecule has 1 saturated heterocycles. The molecule has 1 fully saturated rings. The van der Waals surface area contributed by atoms with Crippen LogP contribution in [0.25, 0.3) is 6.08 Å². The third-order valence-electron chi connectivity index (χ3n) is 6.15. The number of likely N-dealkylation sites (tertiary alicyclic amines) is 1. The van der Waals surface area contributed by atoms with E-state index in [1.165, 1.54) is 17.4 Å². The van der Waals surface area contributed by atoms with Gasteiger partial charge in [0, 0.05) is 36.5 Å². The molecule has 3 aromatic rings. The van der Waals surface area contributed by atoms with Gasteiger partial charge in [-0.05, 0) is 57.4 Å². The van der Waals surface area contributed by atoms with Crippen LogP contribution in [0.5, 0.6) is 0 Å². The first-order valence-electron chi connectivity index (χ1n) is 11.3. The van der Waals surface area contributed by atoms with Crippen LogP contribution in [0, 0.1) is 20.8 Å². The number of carbonyl (C=O) groups excluding carboxylic acids is 2. The highest BCUT2D eigenvalue weighted by molar-refractivity contribution is 5.92. The van der Waals surface area contributed by atoms with Crippen molar-refractivity contribution in [1.29, 1.82) is 0 Å². The second-order valence-corrected chi connectivity index (χ2v) is 8.61. The Balaban J connectivity index is 1.31. The summed E-state index contributed by atoms with van der Waals surface area (Å²) in [5, 5.41) is 7.72. The maximum Gasteiger partial charge on any atom is 0.289 e. The van der Waals surface area contributed by atoms with Crippen LogP contribution in [0.15, 0.2) is 53.2 Å². The number of furan rings is 1. The summed E-state index contributed by atoms with van der Waals surface area (Å²) < 4.78 is 7.17. The van der Waals surface area contributed by atoms with Crippen molar-refractivity contribution in [1.82, 2.24) is 20.0 Å². The molecule has 0 aliphatic carbocycles. The molecule has 172 valence electrons. The van der Waals surface area contributed by atoms with Crippen LogP contribution in [0.3, 0.4) is 0 Å². The van der Waals surface area contributed by atoms with E-state index >= 15 is 0 Å². The Labute approximate surface area is 194 Å². The quantitative estimate of drug-likeness (QED) is 0.583. The fourth-order valence-corrected chi connectivity index (χ4v) is 4.16. The summed E-state index contributed by atoms with van der Waals surface area (Å²) in [5.41, 5.74) is 5.32. The molecule has 3 heterocycles. The van der Waals surface area contributed by atoms with Gasteiger partial charge in [-0.2, -0.15) is 5.10 Å². The summed E-state index contributed by atoms with van der Waals surface area (Å²) >= 11 is 0. The Morgan fingerprint density at radius 2 is 1.85 bits per heavy atom. The van der Waals surface area contributed by atoms with Crippen LogP contribution in [0.1, 0.15) is 51.5 Å². The number of hydrogen-bond donors (Lipinski definition) is 1. The normalized spacial score (nSPS) is 14.7. The van der Waals surface area contributed by atoms with Crippen LogP contribution < -0.4 is 5.32 Å². The number of carbonyl (C=O) groups is 2. The van der Waals surface area contributed by atoms with Gasteiger partial charge in [-0.25, -0.2) is 0 Å². The molecule has 1 aliphatic rings. The number of amides is 2. The Kier molecular flexibility index (Phi) is 6.77. The van der Waals surface area contributed by atoms with Crippen LogP contribution in [0.2, 0.25) is 0 Å². The van der Waals surface area contributed by atoms with Gasteiger partial charge in [0.15, 0.2) is 5.76 Å². The molecule has 1 aliphatic heterocycles. The van der Waals surface area contributed by atoms with Gasteiger partial charge in [-0.1, -0.05) is 29.8 Å². The molecule has 1 N–H and O–H groups in total. The lowest BCUT2D eigenvalue weighted by molar-refractivity contribution is -0.117. The summed E-state index contributed by atoms with van der Waals surface area (Å²) in [6.07, 6.45) is 6.36. The summed E-state index contributed by atoms with van der Waals surface area (Å²) in [6.45, 7) is 7.95. The molecule has 2 amide bonds. The van der Waals surface area contributed by atoms with Gasteiger partial charge in [0.2, 0.25) is 5.91 Å². The number of rotatable bonds is 6. The van der Waals surface area contributed by atoms with E-state index in [4.69, 9.17) is 4.42 Å². The van der Waals surface area contributed by atoms with Crippen molar-refractivity contribution < 1.29 is 14.0 Å². The minimum atomic E-state index is -0.129. The van der Waals surface area contributed by atoms with E-state index in [0.29, 0.717) is 25.4 Å². The second kappa shape index (κ2) is 9.90. The van der Waals surface area contributed by atoms with E-state index in [-0.39, 0.29) is 17.9 Å². The van der Waals surface area contributed by atoms with Gasteiger partial charge in [0.25, 0.3) is 5.91 Å². The minimum absolute atomic E-state index is 0.0502. The Morgan fingerprint density at radius 3 is 2.52 bits per heavy atom. The van der Waals surface area contributed by atoms with Crippen LogP contribution in [0.4, 0.5) is 0 Å². The second-order valence-electron chi connectivity index (χ2n) is 8.61. The first-order chi connectivity index (χ1) is 15.9. The van der Waals surface area contributed by atoms with Gasteiger partial charge in [0.1, 0.15) is 0 Å². The van der Waals surface area contributed by atoms with Gasteiger partial charge in [0.05, 0.1) is 18.5 Å². The molecule has 2 aromatic heterocycles. The fraction of sp³-hybridized carbons (Fsp3) is 0.346. The van der Waals surface area contributed by atoms with Gasteiger partial charge in [-0.3, -0.25) is 14.3 Å². The third kappa shape index (κ3) is 5.42. The van der Waals surface area contributed by atoms with E-state index in [9.17, 15) is 9.59 Å². The topological polar surface area (TPSA) is 80.4 Å². The zero-order chi connectivity index (χ0) is 23.4. The standard InChI is InChI=1S/C26H30N4O3/c1-18-6-8-21(9-7-18)17-30-20(3)23(19(2)28-30)10-11-25(31)27-22-12-14-29(15-13-22)26(32)24-5-4-16-33-24/h4-11,16,22H,12-15,17H2,1-3H3,(H,27,31)/b11-10+. The lowest BCUT2D eigenvalue weighted by Gasteiger charge is -2.31. The van der Waals surface area contributed by atoms with Crippen molar-refractivity contribution in [2.75, 3.05) is 13.1 Å². The molecule has 1 aromatic carbocycles. The molecule has 7 nitrogen and oxygen atoms in total. The molecule has 0 atom stereocenters. The largest absolute Gasteiger partial charge is 0.459 e. The number of nitrogens with one attached hydrogen (secondary N) is 1. The molecule has 0 spiro atoms. The molecule has 0 saturated carbocycles. The Hall–Kier alpha value is -3.61. The number of nitrogens with zero attached hydrogens (tertiary/aromatic N) is 3. The van der Waals surface area contributed by atoms with E-state index in [1.54, 1.807) is 23.1 Å². The minimum Gasteiger partial charge on any atom is -0.459 e. The van der Waals surface area contributed by atoms with Gasteiger partial charge >= 0.3 is 0 Å². The molecule has 0 unspecified atom stereocenters. The summed E-state index contributed by atoms with van der Waals surface area (Å²) in [6, 6.07) is 11.9. The Bertz CT molecular complexity index is 1140. The summed E-state index contributed by atoms with van der Waals surface area (Å²) in [5.74, 6) is 0.128. The fourth-order valence-electron chi connectivity index (χ4n) is 4.16. The van der Waals surface area contributed by atoms with Crippen molar-refractivity contribution in [2.24, 2.45) is 0 Å². The molecule has 4 rings (SSSR count). The highest BCUT2D eigenvalue weighted by atomic mass is 16.3. The van der Waals surface area contributed by atoms with Crippen molar-refractivity contribution in [2.45, 2.75) is 46.2 Å². The highest BCUT2D eigenvalue weighted by Crippen LogP contribution is 2.18. The number of aromatic nitrogens is 2. The van der Waals surface area contributed by atoms with Crippen LogP contribution in [-0.4, -0.2) is 45.6 Å². The zero-order valence-electron chi connectivity index (χ0n) is 19.4. The lowest BCUT2D eigenvalue weighted by atomic mass is 10.0. The lowest BCUT2D eigenvalue weighted by Crippen LogP contribution is -2.46. The van der Waals surface area contributed by atoms with E-state index in [0.717, 1.165) is 29.8 Å². The van der Waals surface area contributed by atoms with E-state index < -0.39 is 0 Å².